The third kappa shape index (κ3) is 7.52. The average Bonchev–Trinajstić information content (AvgIpc) is 3.13. The minimum atomic E-state index is -0.870. The molecule has 0 unspecified atom stereocenters. The number of aliphatic carboxylic acids is 1. The maximum atomic E-state index is 11.6. The third-order valence-corrected chi connectivity index (χ3v) is 7.11. The van der Waals surface area contributed by atoms with Crippen LogP contribution in [0.25, 0.3) is 0 Å². The fourth-order valence-electron chi connectivity index (χ4n) is 2.51. The van der Waals surface area contributed by atoms with Crippen molar-refractivity contribution >= 4 is 46.6 Å². The van der Waals surface area contributed by atoms with Crippen LogP contribution in [0.3, 0.4) is 0 Å². The zero-order valence-electron chi connectivity index (χ0n) is 16.3. The molecular weight excluding hydrogens is 432 g/mol. The number of Topliss-reactive ketones (excluding diaryl/α,β-unsaturated/α-hetero) is 1. The SMILES string of the molecule is CCCc1c(OCCCCSc2nnc(SCC(=O)O)s2)ccc(C(C)=O)c1O. The van der Waals surface area contributed by atoms with Crippen molar-refractivity contribution in [1.29, 1.82) is 0 Å². The van der Waals surface area contributed by atoms with E-state index in [-0.39, 0.29) is 17.3 Å². The number of aromatic nitrogens is 2. The van der Waals surface area contributed by atoms with Gasteiger partial charge in [-0.05, 0) is 38.3 Å². The van der Waals surface area contributed by atoms with Gasteiger partial charge in [0.15, 0.2) is 14.5 Å². The second-order valence-electron chi connectivity index (χ2n) is 6.16. The predicted octanol–water partition coefficient (Wildman–Crippen LogP) is 4.53. The van der Waals surface area contributed by atoms with Crippen LogP contribution in [0.1, 0.15) is 49.0 Å². The number of ketones is 1. The number of aromatic hydroxyl groups is 1. The molecule has 2 rings (SSSR count). The number of phenolic OH excluding ortho intramolecular Hbond substituents is 1. The second-order valence-corrected chi connectivity index (χ2v) is 9.71. The van der Waals surface area contributed by atoms with Gasteiger partial charge in [-0.3, -0.25) is 9.59 Å². The number of nitrogens with zero attached hydrogens (tertiary/aromatic N) is 2. The highest BCUT2D eigenvalue weighted by molar-refractivity contribution is 8.03. The predicted molar refractivity (Wildman–Crippen MR) is 116 cm³/mol. The van der Waals surface area contributed by atoms with Gasteiger partial charge in [-0.2, -0.15) is 0 Å². The van der Waals surface area contributed by atoms with Crippen LogP contribution < -0.4 is 4.74 Å². The Bertz CT molecular complexity index is 841. The number of phenols is 1. The summed E-state index contributed by atoms with van der Waals surface area (Å²) < 4.78 is 7.34. The molecule has 10 heteroatoms. The van der Waals surface area contributed by atoms with Crippen LogP contribution in [0.4, 0.5) is 0 Å². The Morgan fingerprint density at radius 2 is 1.90 bits per heavy atom. The summed E-state index contributed by atoms with van der Waals surface area (Å²) in [5.74, 6) is 0.471. The van der Waals surface area contributed by atoms with Crippen LogP contribution in [-0.4, -0.2) is 50.3 Å². The van der Waals surface area contributed by atoms with Gasteiger partial charge in [-0.1, -0.05) is 48.2 Å². The Balaban J connectivity index is 1.76. The molecule has 1 heterocycles. The van der Waals surface area contributed by atoms with E-state index in [4.69, 9.17) is 9.84 Å². The number of benzene rings is 1. The van der Waals surface area contributed by atoms with Crippen molar-refractivity contribution in [2.75, 3.05) is 18.1 Å². The number of hydrogen-bond donors (Lipinski definition) is 2. The van der Waals surface area contributed by atoms with E-state index in [1.807, 2.05) is 6.92 Å². The lowest BCUT2D eigenvalue weighted by molar-refractivity contribution is -0.133. The van der Waals surface area contributed by atoms with Gasteiger partial charge < -0.3 is 14.9 Å². The number of carbonyl (C=O) groups excluding carboxylic acids is 1. The molecule has 0 aliphatic carbocycles. The van der Waals surface area contributed by atoms with E-state index in [1.165, 1.54) is 30.0 Å². The molecule has 0 aliphatic rings. The van der Waals surface area contributed by atoms with E-state index in [9.17, 15) is 14.7 Å². The monoisotopic (exact) mass is 456 g/mol. The summed E-state index contributed by atoms with van der Waals surface area (Å²) in [7, 11) is 0. The highest BCUT2D eigenvalue weighted by Gasteiger charge is 2.15. The summed E-state index contributed by atoms with van der Waals surface area (Å²) >= 11 is 4.17. The summed E-state index contributed by atoms with van der Waals surface area (Å²) in [4.78, 5) is 22.2. The number of thioether (sulfide) groups is 2. The van der Waals surface area contributed by atoms with Crippen molar-refractivity contribution in [1.82, 2.24) is 10.2 Å². The second kappa shape index (κ2) is 12.0. The maximum Gasteiger partial charge on any atom is 0.313 e. The van der Waals surface area contributed by atoms with Gasteiger partial charge in [-0.15, -0.1) is 10.2 Å². The number of rotatable bonds is 13. The number of hydrogen-bond acceptors (Lipinski definition) is 9. The van der Waals surface area contributed by atoms with Crippen molar-refractivity contribution in [3.05, 3.63) is 23.3 Å². The van der Waals surface area contributed by atoms with Crippen molar-refractivity contribution in [2.45, 2.75) is 48.2 Å². The minimum Gasteiger partial charge on any atom is -0.507 e. The molecule has 0 spiro atoms. The number of carboxylic acids is 1. The molecule has 158 valence electrons. The normalized spacial score (nSPS) is 10.8. The zero-order chi connectivity index (χ0) is 21.2. The molecule has 7 nitrogen and oxygen atoms in total. The molecular formula is C19H24N2O5S3. The number of ether oxygens (including phenoxy) is 1. The van der Waals surface area contributed by atoms with Crippen LogP contribution >= 0.6 is 34.9 Å². The van der Waals surface area contributed by atoms with Gasteiger partial charge >= 0.3 is 5.97 Å². The van der Waals surface area contributed by atoms with Crippen molar-refractivity contribution in [2.24, 2.45) is 0 Å². The van der Waals surface area contributed by atoms with Gasteiger partial charge in [0.05, 0.1) is 17.9 Å². The van der Waals surface area contributed by atoms with E-state index >= 15 is 0 Å². The molecule has 1 aromatic carbocycles. The lowest BCUT2D eigenvalue weighted by Gasteiger charge is -2.14. The molecule has 29 heavy (non-hydrogen) atoms. The Kier molecular flexibility index (Phi) is 9.75. The summed E-state index contributed by atoms with van der Waals surface area (Å²) in [6, 6.07) is 3.37. The lowest BCUT2D eigenvalue weighted by atomic mass is 10.0. The minimum absolute atomic E-state index is 0.0143. The quantitative estimate of drug-likeness (QED) is 0.255. The number of carbonyl (C=O) groups is 2. The van der Waals surface area contributed by atoms with E-state index in [0.717, 1.165) is 29.4 Å². The van der Waals surface area contributed by atoms with Crippen LogP contribution in [-0.2, 0) is 11.2 Å². The van der Waals surface area contributed by atoms with Crippen LogP contribution in [0.15, 0.2) is 20.8 Å². The van der Waals surface area contributed by atoms with Crippen LogP contribution in [0.2, 0.25) is 0 Å². The molecule has 0 atom stereocenters. The molecule has 0 aliphatic heterocycles. The Labute approximate surface area is 182 Å². The summed E-state index contributed by atoms with van der Waals surface area (Å²) in [5, 5.41) is 27.1. The van der Waals surface area contributed by atoms with Gasteiger partial charge in [-0.25, -0.2) is 0 Å². The molecule has 0 radical (unpaired) electrons. The molecule has 0 saturated carbocycles. The van der Waals surface area contributed by atoms with Crippen molar-refractivity contribution in [3.8, 4) is 11.5 Å². The van der Waals surface area contributed by atoms with Gasteiger partial charge in [0, 0.05) is 11.3 Å². The van der Waals surface area contributed by atoms with Crippen LogP contribution in [0.5, 0.6) is 11.5 Å². The Morgan fingerprint density at radius 3 is 2.55 bits per heavy atom. The smallest absolute Gasteiger partial charge is 0.313 e. The summed E-state index contributed by atoms with van der Waals surface area (Å²) in [6.45, 7) is 3.97. The standard InChI is InChI=1S/C19H24N2O5S3/c1-3-6-14-15(8-7-13(12(2)22)17(14)25)26-9-4-5-10-27-18-20-21-19(29-18)28-11-16(23)24/h7-8,25H,3-6,9-11H2,1-2H3,(H,23,24). The maximum absolute atomic E-state index is 11.6. The van der Waals surface area contributed by atoms with Crippen LogP contribution in [0, 0.1) is 0 Å². The number of unbranched alkanes of at least 4 members (excludes halogenated alkanes) is 1. The first-order valence-electron chi connectivity index (χ1n) is 9.21. The van der Waals surface area contributed by atoms with Gasteiger partial charge in [0.1, 0.15) is 11.5 Å². The summed E-state index contributed by atoms with van der Waals surface area (Å²) in [6.07, 6.45) is 3.25. The van der Waals surface area contributed by atoms with Gasteiger partial charge in [0.25, 0.3) is 0 Å². The molecule has 1 aromatic heterocycles. The first kappa shape index (κ1) is 23.5. The fraction of sp³-hybridized carbons (Fsp3) is 0.474. The van der Waals surface area contributed by atoms with E-state index in [1.54, 1.807) is 23.9 Å². The van der Waals surface area contributed by atoms with E-state index < -0.39 is 5.97 Å². The summed E-state index contributed by atoms with van der Waals surface area (Å²) in [5.41, 5.74) is 1.02. The van der Waals surface area contributed by atoms with E-state index in [2.05, 4.69) is 10.2 Å². The third-order valence-electron chi connectivity index (χ3n) is 3.85. The molecule has 0 fully saturated rings. The largest absolute Gasteiger partial charge is 0.507 e. The van der Waals surface area contributed by atoms with Gasteiger partial charge in [0.2, 0.25) is 0 Å². The highest BCUT2D eigenvalue weighted by atomic mass is 32.2. The topological polar surface area (TPSA) is 110 Å². The Hall–Kier alpha value is -1.78. The zero-order valence-corrected chi connectivity index (χ0v) is 18.8. The fourth-order valence-corrected chi connectivity index (χ4v) is 5.32. The molecule has 2 aromatic rings. The Morgan fingerprint density at radius 1 is 1.17 bits per heavy atom. The first-order chi connectivity index (χ1) is 13.9. The highest BCUT2D eigenvalue weighted by Crippen LogP contribution is 2.33. The molecule has 0 saturated heterocycles. The molecule has 2 N–H and O–H groups in total. The number of carboxylic acid groups (broad SMARTS) is 1. The lowest BCUT2D eigenvalue weighted by Crippen LogP contribution is -2.03. The first-order valence-corrected chi connectivity index (χ1v) is 12.0. The molecule has 0 amide bonds. The van der Waals surface area contributed by atoms with Crippen molar-refractivity contribution < 1.29 is 24.5 Å². The van der Waals surface area contributed by atoms with E-state index in [0.29, 0.717) is 34.2 Å². The molecule has 0 bridgehead atoms. The average molecular weight is 457 g/mol. The van der Waals surface area contributed by atoms with Crippen molar-refractivity contribution in [3.63, 3.8) is 0 Å².